The number of likely N-dealkylation sites (N-methyl/N-ethyl adjacent to an activating group) is 1. The van der Waals surface area contributed by atoms with E-state index in [4.69, 9.17) is 9.72 Å². The van der Waals surface area contributed by atoms with E-state index in [0.29, 0.717) is 24.3 Å². The van der Waals surface area contributed by atoms with Crippen LogP contribution in [0.4, 0.5) is 0 Å². The third kappa shape index (κ3) is 4.18. The molecule has 0 saturated carbocycles. The maximum absolute atomic E-state index is 13.5. The average Bonchev–Trinajstić information content (AvgIpc) is 2.93. The Labute approximate surface area is 171 Å². The van der Waals surface area contributed by atoms with Crippen molar-refractivity contribution in [3.8, 4) is 11.4 Å². The molecule has 0 bridgehead atoms. The second-order valence-electron chi connectivity index (χ2n) is 7.52. The molecule has 0 N–H and O–H groups in total. The van der Waals surface area contributed by atoms with Crippen LogP contribution in [0.5, 0.6) is 5.75 Å². The van der Waals surface area contributed by atoms with E-state index >= 15 is 0 Å². The van der Waals surface area contributed by atoms with Gasteiger partial charge in [-0.25, -0.2) is 4.98 Å². The van der Waals surface area contributed by atoms with Gasteiger partial charge in [0.15, 0.2) is 0 Å². The Morgan fingerprint density at radius 2 is 1.79 bits per heavy atom. The van der Waals surface area contributed by atoms with Gasteiger partial charge in [-0.05, 0) is 57.7 Å². The lowest BCUT2D eigenvalue weighted by Gasteiger charge is -2.23. The summed E-state index contributed by atoms with van der Waals surface area (Å²) in [7, 11) is 2.16. The molecule has 0 radical (unpaired) electrons. The van der Waals surface area contributed by atoms with Gasteiger partial charge in [-0.15, -0.1) is 0 Å². The van der Waals surface area contributed by atoms with E-state index < -0.39 is 0 Å². The molecule has 152 valence electrons. The second-order valence-corrected chi connectivity index (χ2v) is 7.52. The summed E-state index contributed by atoms with van der Waals surface area (Å²) in [5.74, 6) is 1.46. The zero-order valence-electron chi connectivity index (χ0n) is 17.2. The number of ether oxygens (including phenoxy) is 1. The predicted octanol–water partition coefficient (Wildman–Crippen LogP) is 2.92. The third-order valence-corrected chi connectivity index (χ3v) is 5.43. The van der Waals surface area contributed by atoms with Gasteiger partial charge < -0.3 is 9.64 Å². The van der Waals surface area contributed by atoms with Crippen molar-refractivity contribution in [1.82, 2.24) is 19.4 Å². The van der Waals surface area contributed by atoms with Gasteiger partial charge in [0.1, 0.15) is 11.6 Å². The molecule has 0 unspecified atom stereocenters. The van der Waals surface area contributed by atoms with Gasteiger partial charge in [0.25, 0.3) is 5.56 Å². The summed E-state index contributed by atoms with van der Waals surface area (Å²) in [4.78, 5) is 23.2. The summed E-state index contributed by atoms with van der Waals surface area (Å²) in [6, 6.07) is 15.3. The Hall–Kier alpha value is -2.70. The lowest BCUT2D eigenvalue weighted by atomic mass is 10.2. The molecule has 1 aromatic heterocycles. The van der Waals surface area contributed by atoms with Gasteiger partial charge >= 0.3 is 0 Å². The molecule has 0 atom stereocenters. The molecule has 2 aromatic carbocycles. The van der Waals surface area contributed by atoms with Crippen LogP contribution in [0.15, 0.2) is 53.3 Å². The van der Waals surface area contributed by atoms with E-state index in [9.17, 15) is 4.79 Å². The number of para-hydroxylation sites is 3. The fourth-order valence-corrected chi connectivity index (χ4v) is 3.91. The number of hydrogen-bond acceptors (Lipinski definition) is 5. The smallest absolute Gasteiger partial charge is 0.266 e. The Morgan fingerprint density at radius 3 is 2.66 bits per heavy atom. The van der Waals surface area contributed by atoms with Crippen molar-refractivity contribution in [3.05, 3.63) is 64.7 Å². The molecule has 6 heteroatoms. The molecular weight excluding hydrogens is 364 g/mol. The Morgan fingerprint density at radius 1 is 1.00 bits per heavy atom. The van der Waals surface area contributed by atoms with Gasteiger partial charge in [-0.2, -0.15) is 0 Å². The maximum atomic E-state index is 13.5. The highest BCUT2D eigenvalue weighted by molar-refractivity contribution is 5.78. The molecule has 4 rings (SSSR count). The van der Waals surface area contributed by atoms with Crippen LogP contribution in [0.3, 0.4) is 0 Å². The molecule has 0 amide bonds. The highest BCUT2D eigenvalue weighted by Gasteiger charge is 2.19. The molecule has 1 aliphatic heterocycles. The zero-order valence-corrected chi connectivity index (χ0v) is 17.2. The van der Waals surface area contributed by atoms with Crippen molar-refractivity contribution in [1.29, 1.82) is 0 Å². The highest BCUT2D eigenvalue weighted by Crippen LogP contribution is 2.24. The summed E-state index contributed by atoms with van der Waals surface area (Å²) >= 11 is 0. The molecule has 1 saturated heterocycles. The Kier molecular flexibility index (Phi) is 5.92. The van der Waals surface area contributed by atoms with Gasteiger partial charge in [0.05, 0.1) is 29.7 Å². The molecule has 29 heavy (non-hydrogen) atoms. The summed E-state index contributed by atoms with van der Waals surface area (Å²) in [5.41, 5.74) is 1.44. The van der Waals surface area contributed by atoms with Crippen molar-refractivity contribution in [2.45, 2.75) is 19.9 Å². The van der Waals surface area contributed by atoms with Crippen molar-refractivity contribution in [3.63, 3.8) is 0 Å². The highest BCUT2D eigenvalue weighted by atomic mass is 16.5. The first kappa shape index (κ1) is 19.6. The largest absolute Gasteiger partial charge is 0.492 e. The SMILES string of the molecule is CCOc1ccccc1-n1c(CN2CCCN(C)CC2)nc2ccccc2c1=O. The van der Waals surface area contributed by atoms with Crippen LogP contribution in [0, 0.1) is 0 Å². The van der Waals surface area contributed by atoms with E-state index in [-0.39, 0.29) is 5.56 Å². The standard InChI is InChI=1S/C23H28N4O2/c1-3-29-21-12-7-6-11-20(21)27-22(17-26-14-8-13-25(2)15-16-26)24-19-10-5-4-9-18(19)23(27)28/h4-7,9-12H,3,8,13-17H2,1-2H3. The monoisotopic (exact) mass is 392 g/mol. The first-order valence-electron chi connectivity index (χ1n) is 10.3. The molecule has 0 aliphatic carbocycles. The summed E-state index contributed by atoms with van der Waals surface area (Å²) < 4.78 is 7.57. The van der Waals surface area contributed by atoms with Crippen molar-refractivity contribution < 1.29 is 4.74 Å². The van der Waals surface area contributed by atoms with Crippen LogP contribution in [0.1, 0.15) is 19.2 Å². The van der Waals surface area contributed by atoms with Crippen molar-refractivity contribution in [2.24, 2.45) is 0 Å². The summed E-state index contributed by atoms with van der Waals surface area (Å²) in [6.07, 6.45) is 1.11. The molecule has 1 fully saturated rings. The minimum Gasteiger partial charge on any atom is -0.492 e. The molecular formula is C23H28N4O2. The number of benzene rings is 2. The number of fused-ring (bicyclic) bond motifs is 1. The zero-order chi connectivity index (χ0) is 20.2. The lowest BCUT2D eigenvalue weighted by Crippen LogP contribution is -2.33. The van der Waals surface area contributed by atoms with Crippen molar-refractivity contribution in [2.75, 3.05) is 39.8 Å². The van der Waals surface area contributed by atoms with Crippen LogP contribution in [0.25, 0.3) is 16.6 Å². The van der Waals surface area contributed by atoms with Crippen LogP contribution < -0.4 is 10.3 Å². The molecule has 6 nitrogen and oxygen atoms in total. The van der Waals surface area contributed by atoms with E-state index in [1.165, 1.54) is 0 Å². The van der Waals surface area contributed by atoms with Crippen LogP contribution in [0.2, 0.25) is 0 Å². The quantitative estimate of drug-likeness (QED) is 0.668. The average molecular weight is 393 g/mol. The first-order chi connectivity index (χ1) is 14.2. The molecule has 0 spiro atoms. The minimum absolute atomic E-state index is 0.0512. The number of hydrogen-bond donors (Lipinski definition) is 0. The fraction of sp³-hybridized carbons (Fsp3) is 0.391. The third-order valence-electron chi connectivity index (χ3n) is 5.43. The molecule has 3 aromatic rings. The Bertz CT molecular complexity index is 1050. The molecule has 2 heterocycles. The number of rotatable bonds is 5. The number of nitrogens with zero attached hydrogens (tertiary/aromatic N) is 4. The van der Waals surface area contributed by atoms with Crippen LogP contribution in [-0.2, 0) is 6.54 Å². The van der Waals surface area contributed by atoms with Crippen LogP contribution >= 0.6 is 0 Å². The normalized spacial score (nSPS) is 16.1. The van der Waals surface area contributed by atoms with Gasteiger partial charge in [0, 0.05) is 13.1 Å². The van der Waals surface area contributed by atoms with Crippen LogP contribution in [-0.4, -0.2) is 59.2 Å². The maximum Gasteiger partial charge on any atom is 0.266 e. The first-order valence-corrected chi connectivity index (χ1v) is 10.3. The van der Waals surface area contributed by atoms with Gasteiger partial charge in [0.2, 0.25) is 0 Å². The van der Waals surface area contributed by atoms with E-state index in [1.54, 1.807) is 4.57 Å². The van der Waals surface area contributed by atoms with Gasteiger partial charge in [-0.1, -0.05) is 24.3 Å². The van der Waals surface area contributed by atoms with E-state index in [0.717, 1.165) is 49.6 Å². The number of aromatic nitrogens is 2. The lowest BCUT2D eigenvalue weighted by molar-refractivity contribution is 0.261. The predicted molar refractivity (Wildman–Crippen MR) is 116 cm³/mol. The minimum atomic E-state index is -0.0512. The van der Waals surface area contributed by atoms with Crippen molar-refractivity contribution >= 4 is 10.9 Å². The summed E-state index contributed by atoms with van der Waals surface area (Å²) in [5, 5.41) is 0.623. The fourth-order valence-electron chi connectivity index (χ4n) is 3.91. The molecule has 1 aliphatic rings. The van der Waals surface area contributed by atoms with E-state index in [2.05, 4.69) is 16.8 Å². The second kappa shape index (κ2) is 8.76. The topological polar surface area (TPSA) is 50.6 Å². The van der Waals surface area contributed by atoms with E-state index in [1.807, 2.05) is 55.5 Å². The summed E-state index contributed by atoms with van der Waals surface area (Å²) in [6.45, 7) is 7.21. The Balaban J connectivity index is 1.84. The van der Waals surface area contributed by atoms with Gasteiger partial charge in [-0.3, -0.25) is 14.3 Å².